The lowest BCUT2D eigenvalue weighted by Crippen LogP contribution is -2.50. The number of amides is 1. The summed E-state index contributed by atoms with van der Waals surface area (Å²) >= 11 is 1.85. The van der Waals surface area contributed by atoms with Crippen molar-refractivity contribution < 1.29 is 4.79 Å². The predicted molar refractivity (Wildman–Crippen MR) is 98.4 cm³/mol. The van der Waals surface area contributed by atoms with E-state index in [2.05, 4.69) is 34.9 Å². The van der Waals surface area contributed by atoms with Crippen molar-refractivity contribution in [2.75, 3.05) is 0 Å². The highest BCUT2D eigenvalue weighted by molar-refractivity contribution is 7.19. The lowest BCUT2D eigenvalue weighted by atomic mass is 9.94. The molecule has 0 saturated heterocycles. The molecule has 124 valence electrons. The van der Waals surface area contributed by atoms with Crippen LogP contribution in [0, 0.1) is 0 Å². The molecular weight excluding hydrogens is 328 g/mol. The maximum Gasteiger partial charge on any atom is 0.237 e. The Morgan fingerprint density at radius 3 is 2.78 bits per heavy atom. The molecule has 2 heterocycles. The van der Waals surface area contributed by atoms with Crippen molar-refractivity contribution in [3.63, 3.8) is 0 Å². The van der Waals surface area contributed by atoms with Gasteiger partial charge in [0, 0.05) is 22.2 Å². The van der Waals surface area contributed by atoms with Gasteiger partial charge >= 0.3 is 0 Å². The van der Waals surface area contributed by atoms with Gasteiger partial charge in [0.05, 0.1) is 6.04 Å². The average molecular weight is 351 g/mol. The van der Waals surface area contributed by atoms with E-state index in [1.165, 1.54) is 39.8 Å². The number of halogens is 1. The molecule has 1 aromatic carbocycles. The summed E-state index contributed by atoms with van der Waals surface area (Å²) in [6.45, 7) is 0.817. The number of rotatable bonds is 2. The molecule has 23 heavy (non-hydrogen) atoms. The number of carbonyl (C=O) groups is 1. The zero-order valence-electron chi connectivity index (χ0n) is 13.1. The molecule has 0 unspecified atom stereocenters. The SMILES string of the molecule is Cl.O=C(NC1CCCCC1)[C@H]1Cc2c(sc3ccccc23)CN1. The molecule has 0 bridgehead atoms. The molecule has 1 aliphatic heterocycles. The fourth-order valence-electron chi connectivity index (χ4n) is 3.74. The summed E-state index contributed by atoms with van der Waals surface area (Å²) in [7, 11) is 0. The summed E-state index contributed by atoms with van der Waals surface area (Å²) in [6.07, 6.45) is 6.93. The first-order valence-corrected chi connectivity index (χ1v) is 9.16. The van der Waals surface area contributed by atoms with Crippen LogP contribution in [0.1, 0.15) is 42.5 Å². The van der Waals surface area contributed by atoms with Gasteiger partial charge in [0.2, 0.25) is 5.91 Å². The summed E-state index contributed by atoms with van der Waals surface area (Å²) in [4.78, 5) is 14.0. The van der Waals surface area contributed by atoms with Crippen LogP contribution in [0.5, 0.6) is 0 Å². The lowest BCUT2D eigenvalue weighted by Gasteiger charge is -2.28. The van der Waals surface area contributed by atoms with E-state index >= 15 is 0 Å². The van der Waals surface area contributed by atoms with Gasteiger partial charge in [-0.2, -0.15) is 0 Å². The fourth-order valence-corrected chi connectivity index (χ4v) is 4.93. The van der Waals surface area contributed by atoms with E-state index in [1.807, 2.05) is 11.3 Å². The Morgan fingerprint density at radius 2 is 1.96 bits per heavy atom. The van der Waals surface area contributed by atoms with E-state index in [-0.39, 0.29) is 24.4 Å². The monoisotopic (exact) mass is 350 g/mol. The molecule has 4 rings (SSSR count). The third-order valence-corrected chi connectivity index (χ3v) is 6.18. The molecule has 1 aliphatic carbocycles. The van der Waals surface area contributed by atoms with Crippen molar-refractivity contribution in [1.29, 1.82) is 0 Å². The molecule has 5 heteroatoms. The number of hydrogen-bond donors (Lipinski definition) is 2. The third kappa shape index (κ3) is 3.39. The molecule has 1 saturated carbocycles. The van der Waals surface area contributed by atoms with Crippen molar-refractivity contribution in [2.45, 2.75) is 57.2 Å². The van der Waals surface area contributed by atoms with Crippen molar-refractivity contribution in [2.24, 2.45) is 0 Å². The Hall–Kier alpha value is -1.10. The second-order valence-corrected chi connectivity index (χ2v) is 7.62. The van der Waals surface area contributed by atoms with Crippen molar-refractivity contribution in [3.8, 4) is 0 Å². The third-order valence-electron chi connectivity index (χ3n) is 4.97. The summed E-state index contributed by atoms with van der Waals surface area (Å²) < 4.78 is 1.34. The van der Waals surface area contributed by atoms with Crippen LogP contribution in [0.15, 0.2) is 24.3 Å². The second-order valence-electron chi connectivity index (χ2n) is 6.48. The number of thiophene rings is 1. The number of nitrogens with one attached hydrogen (secondary N) is 2. The molecule has 1 atom stereocenters. The average Bonchev–Trinajstić information content (AvgIpc) is 2.93. The van der Waals surface area contributed by atoms with Crippen LogP contribution in [0.25, 0.3) is 10.1 Å². The van der Waals surface area contributed by atoms with Crippen LogP contribution >= 0.6 is 23.7 Å². The normalized spacial score (nSPS) is 21.5. The minimum Gasteiger partial charge on any atom is -0.352 e. The molecule has 2 aliphatic rings. The van der Waals surface area contributed by atoms with Gasteiger partial charge < -0.3 is 10.6 Å². The molecule has 2 aromatic rings. The van der Waals surface area contributed by atoms with Gasteiger partial charge in [-0.05, 0) is 36.3 Å². The van der Waals surface area contributed by atoms with Crippen LogP contribution in [-0.4, -0.2) is 18.0 Å². The van der Waals surface area contributed by atoms with E-state index in [4.69, 9.17) is 0 Å². The number of hydrogen-bond acceptors (Lipinski definition) is 3. The Balaban J connectivity index is 0.00000156. The summed E-state index contributed by atoms with van der Waals surface area (Å²) in [5.74, 6) is 0.188. The van der Waals surface area contributed by atoms with E-state index in [9.17, 15) is 4.79 Å². The largest absolute Gasteiger partial charge is 0.352 e. The van der Waals surface area contributed by atoms with Crippen LogP contribution in [-0.2, 0) is 17.8 Å². The highest BCUT2D eigenvalue weighted by Gasteiger charge is 2.28. The zero-order valence-corrected chi connectivity index (χ0v) is 14.8. The molecule has 3 nitrogen and oxygen atoms in total. The van der Waals surface area contributed by atoms with Crippen molar-refractivity contribution >= 4 is 39.7 Å². The summed E-state index contributed by atoms with van der Waals surface area (Å²) in [6, 6.07) is 8.86. The molecule has 0 spiro atoms. The quantitative estimate of drug-likeness (QED) is 0.865. The van der Waals surface area contributed by atoms with Gasteiger partial charge in [-0.25, -0.2) is 0 Å². The maximum atomic E-state index is 12.6. The van der Waals surface area contributed by atoms with E-state index < -0.39 is 0 Å². The van der Waals surface area contributed by atoms with E-state index in [0.717, 1.165) is 25.8 Å². The van der Waals surface area contributed by atoms with E-state index in [1.54, 1.807) is 0 Å². The van der Waals surface area contributed by atoms with E-state index in [0.29, 0.717) is 6.04 Å². The summed E-state index contributed by atoms with van der Waals surface area (Å²) in [5.41, 5.74) is 1.38. The topological polar surface area (TPSA) is 41.1 Å². The second kappa shape index (κ2) is 7.20. The first-order valence-electron chi connectivity index (χ1n) is 8.34. The molecule has 1 fully saturated rings. The summed E-state index contributed by atoms with van der Waals surface area (Å²) in [5, 5.41) is 8.02. The molecule has 2 N–H and O–H groups in total. The molecule has 1 amide bonds. The zero-order chi connectivity index (χ0) is 14.9. The van der Waals surface area contributed by atoms with Gasteiger partial charge in [0.1, 0.15) is 0 Å². The number of fused-ring (bicyclic) bond motifs is 3. The highest BCUT2D eigenvalue weighted by atomic mass is 35.5. The molecular formula is C18H23ClN2OS. The first kappa shape index (κ1) is 16.7. The lowest BCUT2D eigenvalue weighted by molar-refractivity contribution is -0.124. The predicted octanol–water partition coefficient (Wildman–Crippen LogP) is 3.79. The smallest absolute Gasteiger partial charge is 0.237 e. The highest BCUT2D eigenvalue weighted by Crippen LogP contribution is 2.34. The maximum absolute atomic E-state index is 12.6. The van der Waals surface area contributed by atoms with Gasteiger partial charge in [-0.1, -0.05) is 37.5 Å². The first-order chi connectivity index (χ1) is 10.8. The number of carbonyl (C=O) groups excluding carboxylic acids is 1. The van der Waals surface area contributed by atoms with Gasteiger partial charge in [0.15, 0.2) is 0 Å². The Bertz CT molecular complexity index is 693. The van der Waals surface area contributed by atoms with Crippen molar-refractivity contribution in [1.82, 2.24) is 10.6 Å². The van der Waals surface area contributed by atoms with Gasteiger partial charge in [-0.3, -0.25) is 4.79 Å². The Kier molecular flexibility index (Phi) is 5.24. The number of benzene rings is 1. The van der Waals surface area contributed by atoms with Crippen molar-refractivity contribution in [3.05, 3.63) is 34.7 Å². The van der Waals surface area contributed by atoms with Crippen LogP contribution < -0.4 is 10.6 Å². The van der Waals surface area contributed by atoms with Crippen LogP contribution in [0.2, 0.25) is 0 Å². The fraction of sp³-hybridized carbons (Fsp3) is 0.500. The minimum absolute atomic E-state index is 0. The van der Waals surface area contributed by atoms with Gasteiger partial charge in [0.25, 0.3) is 0 Å². The molecule has 0 radical (unpaired) electrons. The molecule has 1 aromatic heterocycles. The van der Waals surface area contributed by atoms with Crippen LogP contribution in [0.4, 0.5) is 0 Å². The van der Waals surface area contributed by atoms with Crippen LogP contribution in [0.3, 0.4) is 0 Å². The van der Waals surface area contributed by atoms with Gasteiger partial charge in [-0.15, -0.1) is 23.7 Å². The Labute approximate surface area is 147 Å². The standard InChI is InChI=1S/C18H22N2OS.ClH/c21-18(20-12-6-2-1-3-7-12)15-10-14-13-8-4-5-9-16(13)22-17(14)11-19-15;/h4-5,8-9,12,15,19H,1-3,6-7,10-11H2,(H,20,21);1H/t15-;/m1./s1. The minimum atomic E-state index is -0.0765. The Morgan fingerprint density at radius 1 is 1.17 bits per heavy atom.